The minimum Gasteiger partial charge on any atom is -0.312 e. The summed E-state index contributed by atoms with van der Waals surface area (Å²) < 4.78 is 1.95. The molecule has 0 spiro atoms. The lowest BCUT2D eigenvalue weighted by Crippen LogP contribution is -2.44. The van der Waals surface area contributed by atoms with E-state index in [9.17, 15) is 4.79 Å². The SMILES string of the molecule is Cc1nn(C2CNC2)c(C)c1C=O. The summed E-state index contributed by atoms with van der Waals surface area (Å²) in [6.07, 6.45) is 0.889. The van der Waals surface area contributed by atoms with Crippen LogP contribution >= 0.6 is 0 Å². The van der Waals surface area contributed by atoms with Gasteiger partial charge in [0.15, 0.2) is 6.29 Å². The number of carbonyl (C=O) groups excluding carboxylic acids is 1. The lowest BCUT2D eigenvalue weighted by molar-refractivity contribution is 0.112. The summed E-state index contributed by atoms with van der Waals surface area (Å²) in [6.45, 7) is 5.74. The molecular weight excluding hydrogens is 166 g/mol. The highest BCUT2D eigenvalue weighted by atomic mass is 16.1. The van der Waals surface area contributed by atoms with Crippen LogP contribution in [0.1, 0.15) is 27.8 Å². The maximum absolute atomic E-state index is 10.7. The first-order valence-corrected chi connectivity index (χ1v) is 4.45. The predicted octanol–water partition coefficient (Wildman–Crippen LogP) is 0.457. The first-order chi connectivity index (χ1) is 6.24. The summed E-state index contributed by atoms with van der Waals surface area (Å²) in [5.74, 6) is 0. The Morgan fingerprint density at radius 1 is 1.54 bits per heavy atom. The van der Waals surface area contributed by atoms with E-state index in [0.29, 0.717) is 6.04 Å². The van der Waals surface area contributed by atoms with Gasteiger partial charge in [0.25, 0.3) is 0 Å². The Labute approximate surface area is 76.9 Å². The van der Waals surface area contributed by atoms with E-state index in [0.717, 1.165) is 36.3 Å². The van der Waals surface area contributed by atoms with Crippen molar-refractivity contribution in [3.8, 4) is 0 Å². The third-order valence-electron chi connectivity index (χ3n) is 2.60. The Bertz CT molecular complexity index is 339. The lowest BCUT2D eigenvalue weighted by atomic mass is 10.1. The van der Waals surface area contributed by atoms with Crippen molar-refractivity contribution < 1.29 is 4.79 Å². The van der Waals surface area contributed by atoms with Crippen LogP contribution in [0.4, 0.5) is 0 Å². The highest BCUT2D eigenvalue weighted by molar-refractivity contribution is 5.78. The fraction of sp³-hybridized carbons (Fsp3) is 0.556. The zero-order valence-corrected chi connectivity index (χ0v) is 7.87. The average molecular weight is 179 g/mol. The minimum absolute atomic E-state index is 0.437. The molecule has 70 valence electrons. The molecule has 1 aromatic heterocycles. The van der Waals surface area contributed by atoms with Gasteiger partial charge >= 0.3 is 0 Å². The third kappa shape index (κ3) is 1.18. The zero-order valence-electron chi connectivity index (χ0n) is 7.87. The van der Waals surface area contributed by atoms with Gasteiger partial charge in [-0.25, -0.2) is 0 Å². The summed E-state index contributed by atoms with van der Waals surface area (Å²) in [4.78, 5) is 10.7. The van der Waals surface area contributed by atoms with Crippen LogP contribution in [0.5, 0.6) is 0 Å². The second kappa shape index (κ2) is 2.96. The Kier molecular flexibility index (Phi) is 1.92. The fourth-order valence-corrected chi connectivity index (χ4v) is 1.65. The van der Waals surface area contributed by atoms with Crippen molar-refractivity contribution in [2.24, 2.45) is 0 Å². The fourth-order valence-electron chi connectivity index (χ4n) is 1.65. The first-order valence-electron chi connectivity index (χ1n) is 4.45. The molecule has 2 rings (SSSR count). The summed E-state index contributed by atoms with van der Waals surface area (Å²) in [5.41, 5.74) is 2.56. The molecule has 2 heterocycles. The number of aromatic nitrogens is 2. The van der Waals surface area contributed by atoms with Crippen molar-refractivity contribution in [2.45, 2.75) is 19.9 Å². The largest absolute Gasteiger partial charge is 0.312 e. The van der Waals surface area contributed by atoms with Crippen LogP contribution in [-0.4, -0.2) is 29.2 Å². The van der Waals surface area contributed by atoms with Crippen molar-refractivity contribution in [3.63, 3.8) is 0 Å². The van der Waals surface area contributed by atoms with Gasteiger partial charge in [0.05, 0.1) is 17.3 Å². The molecule has 0 aromatic carbocycles. The van der Waals surface area contributed by atoms with Gasteiger partial charge in [0.2, 0.25) is 0 Å². The van der Waals surface area contributed by atoms with Crippen molar-refractivity contribution in [1.29, 1.82) is 0 Å². The molecule has 4 heteroatoms. The molecule has 0 bridgehead atoms. The molecule has 4 nitrogen and oxygen atoms in total. The van der Waals surface area contributed by atoms with Gasteiger partial charge in [-0.2, -0.15) is 5.10 Å². The van der Waals surface area contributed by atoms with Crippen LogP contribution in [0.15, 0.2) is 0 Å². The Balaban J connectivity index is 2.40. The monoisotopic (exact) mass is 179 g/mol. The smallest absolute Gasteiger partial charge is 0.153 e. The van der Waals surface area contributed by atoms with Gasteiger partial charge in [0, 0.05) is 18.8 Å². The van der Waals surface area contributed by atoms with Crippen LogP contribution in [0.3, 0.4) is 0 Å². The number of hydrogen-bond acceptors (Lipinski definition) is 3. The molecule has 1 aromatic rings. The second-order valence-electron chi connectivity index (χ2n) is 3.46. The molecule has 0 unspecified atom stereocenters. The number of rotatable bonds is 2. The van der Waals surface area contributed by atoms with E-state index in [1.54, 1.807) is 0 Å². The van der Waals surface area contributed by atoms with E-state index >= 15 is 0 Å². The van der Waals surface area contributed by atoms with E-state index in [-0.39, 0.29) is 0 Å². The van der Waals surface area contributed by atoms with E-state index in [4.69, 9.17) is 0 Å². The molecule has 0 saturated carbocycles. The molecule has 0 radical (unpaired) electrons. The number of aldehydes is 1. The molecule has 1 aliphatic rings. The van der Waals surface area contributed by atoms with Crippen molar-refractivity contribution in [3.05, 3.63) is 17.0 Å². The summed E-state index contributed by atoms with van der Waals surface area (Å²) >= 11 is 0. The maximum atomic E-state index is 10.7. The van der Waals surface area contributed by atoms with Gasteiger partial charge in [-0.3, -0.25) is 9.48 Å². The van der Waals surface area contributed by atoms with E-state index in [1.165, 1.54) is 0 Å². The van der Waals surface area contributed by atoms with E-state index < -0.39 is 0 Å². The molecule has 13 heavy (non-hydrogen) atoms. The maximum Gasteiger partial charge on any atom is 0.153 e. The van der Waals surface area contributed by atoms with Gasteiger partial charge in [-0.05, 0) is 13.8 Å². The van der Waals surface area contributed by atoms with Crippen molar-refractivity contribution in [2.75, 3.05) is 13.1 Å². The number of hydrogen-bond donors (Lipinski definition) is 1. The number of nitrogens with one attached hydrogen (secondary N) is 1. The molecule has 1 aliphatic heterocycles. The summed E-state index contributed by atoms with van der Waals surface area (Å²) in [6, 6.07) is 0.437. The minimum atomic E-state index is 0.437. The molecule has 1 N–H and O–H groups in total. The van der Waals surface area contributed by atoms with Crippen molar-refractivity contribution >= 4 is 6.29 Å². The predicted molar refractivity (Wildman–Crippen MR) is 49.0 cm³/mol. The second-order valence-corrected chi connectivity index (χ2v) is 3.46. The molecule has 0 aliphatic carbocycles. The van der Waals surface area contributed by atoms with Gasteiger partial charge in [-0.15, -0.1) is 0 Å². The van der Waals surface area contributed by atoms with Gasteiger partial charge < -0.3 is 5.32 Å². The number of carbonyl (C=O) groups is 1. The van der Waals surface area contributed by atoms with Gasteiger partial charge in [-0.1, -0.05) is 0 Å². The summed E-state index contributed by atoms with van der Waals surface area (Å²) in [7, 11) is 0. The molecule has 0 atom stereocenters. The van der Waals surface area contributed by atoms with Crippen LogP contribution < -0.4 is 5.32 Å². The standard InChI is InChI=1S/C9H13N3O/c1-6-9(5-13)7(2)12(11-6)8-3-10-4-8/h5,8,10H,3-4H2,1-2H3. The Hall–Kier alpha value is -1.16. The first kappa shape index (κ1) is 8.44. The molecular formula is C9H13N3O. The normalized spacial score (nSPS) is 17.1. The van der Waals surface area contributed by atoms with E-state index in [1.807, 2.05) is 18.5 Å². The number of nitrogens with zero attached hydrogens (tertiary/aromatic N) is 2. The third-order valence-corrected chi connectivity index (χ3v) is 2.60. The van der Waals surface area contributed by atoms with Crippen LogP contribution in [0, 0.1) is 13.8 Å². The van der Waals surface area contributed by atoms with Crippen LogP contribution in [-0.2, 0) is 0 Å². The lowest BCUT2D eigenvalue weighted by Gasteiger charge is -2.28. The Morgan fingerprint density at radius 2 is 2.23 bits per heavy atom. The quantitative estimate of drug-likeness (QED) is 0.671. The number of aryl methyl sites for hydroxylation is 1. The highest BCUT2D eigenvalue weighted by Gasteiger charge is 2.23. The highest BCUT2D eigenvalue weighted by Crippen LogP contribution is 2.18. The van der Waals surface area contributed by atoms with E-state index in [2.05, 4.69) is 10.4 Å². The average Bonchev–Trinajstić information content (AvgIpc) is 2.25. The van der Waals surface area contributed by atoms with Crippen LogP contribution in [0.2, 0.25) is 0 Å². The van der Waals surface area contributed by atoms with Crippen molar-refractivity contribution in [1.82, 2.24) is 15.1 Å². The molecule has 1 saturated heterocycles. The summed E-state index contributed by atoms with van der Waals surface area (Å²) in [5, 5.41) is 7.53. The van der Waals surface area contributed by atoms with Gasteiger partial charge in [0.1, 0.15) is 0 Å². The topological polar surface area (TPSA) is 46.9 Å². The zero-order chi connectivity index (χ0) is 9.42. The molecule has 0 amide bonds. The molecule has 1 fully saturated rings. The van der Waals surface area contributed by atoms with Crippen LogP contribution in [0.25, 0.3) is 0 Å². The Morgan fingerprint density at radius 3 is 2.62 bits per heavy atom.